The van der Waals surface area contributed by atoms with Crippen molar-refractivity contribution in [2.75, 3.05) is 6.61 Å². The van der Waals surface area contributed by atoms with Crippen LogP contribution in [0.4, 0.5) is 4.39 Å². The van der Waals surface area contributed by atoms with Crippen LogP contribution in [-0.4, -0.2) is 30.5 Å². The normalized spacial score (nSPS) is 11.3. The van der Waals surface area contributed by atoms with Gasteiger partial charge in [0.15, 0.2) is 17.7 Å². The SMILES string of the molecule is CCOC(=O)CCC(=O)NNC(=O)[C@@H](C)Oc1ccccc1F. The zero-order valence-electron chi connectivity index (χ0n) is 12.9. The first-order valence-electron chi connectivity index (χ1n) is 7.09. The number of halogens is 1. The van der Waals surface area contributed by atoms with Gasteiger partial charge in [0.2, 0.25) is 5.91 Å². The number of nitrogens with one attached hydrogen (secondary N) is 2. The lowest BCUT2D eigenvalue weighted by molar-refractivity contribution is -0.144. The van der Waals surface area contributed by atoms with Crippen LogP contribution in [-0.2, 0) is 19.1 Å². The lowest BCUT2D eigenvalue weighted by Gasteiger charge is -2.15. The van der Waals surface area contributed by atoms with E-state index in [1.165, 1.54) is 25.1 Å². The topological polar surface area (TPSA) is 93.7 Å². The number of carbonyl (C=O) groups is 3. The second kappa shape index (κ2) is 9.39. The minimum Gasteiger partial charge on any atom is -0.478 e. The van der Waals surface area contributed by atoms with E-state index in [0.29, 0.717) is 0 Å². The Hall–Kier alpha value is -2.64. The molecule has 0 saturated heterocycles. The van der Waals surface area contributed by atoms with Gasteiger partial charge in [0, 0.05) is 6.42 Å². The molecule has 0 aliphatic heterocycles. The zero-order valence-corrected chi connectivity index (χ0v) is 12.9. The lowest BCUT2D eigenvalue weighted by Crippen LogP contribution is -2.47. The third-order valence-corrected chi connectivity index (χ3v) is 2.70. The summed E-state index contributed by atoms with van der Waals surface area (Å²) in [5.41, 5.74) is 4.28. The van der Waals surface area contributed by atoms with Gasteiger partial charge in [0.05, 0.1) is 13.0 Å². The number of hydrogen-bond acceptors (Lipinski definition) is 5. The van der Waals surface area contributed by atoms with Crippen molar-refractivity contribution in [1.29, 1.82) is 0 Å². The van der Waals surface area contributed by atoms with Crippen molar-refractivity contribution in [1.82, 2.24) is 10.9 Å². The molecule has 126 valence electrons. The summed E-state index contributed by atoms with van der Waals surface area (Å²) in [7, 11) is 0. The maximum Gasteiger partial charge on any atom is 0.306 e. The van der Waals surface area contributed by atoms with Gasteiger partial charge >= 0.3 is 5.97 Å². The van der Waals surface area contributed by atoms with E-state index in [-0.39, 0.29) is 25.2 Å². The molecule has 1 rings (SSSR count). The standard InChI is InChI=1S/C15H19FN2O5/c1-3-22-14(20)9-8-13(19)17-18-15(21)10(2)23-12-7-5-4-6-11(12)16/h4-7,10H,3,8-9H2,1-2H3,(H,17,19)(H,18,21)/t10-/m1/s1. The van der Waals surface area contributed by atoms with Gasteiger partial charge in [-0.2, -0.15) is 0 Å². The molecule has 0 spiro atoms. The van der Waals surface area contributed by atoms with E-state index in [1.807, 2.05) is 0 Å². The predicted molar refractivity (Wildman–Crippen MR) is 78.6 cm³/mol. The second-order valence-corrected chi connectivity index (χ2v) is 4.53. The van der Waals surface area contributed by atoms with E-state index in [4.69, 9.17) is 4.74 Å². The van der Waals surface area contributed by atoms with Crippen LogP contribution in [0.1, 0.15) is 26.7 Å². The van der Waals surface area contributed by atoms with Crippen LogP contribution in [0.5, 0.6) is 5.75 Å². The molecular weight excluding hydrogens is 307 g/mol. The molecule has 1 atom stereocenters. The number of benzene rings is 1. The predicted octanol–water partition coefficient (Wildman–Crippen LogP) is 1.08. The number of amides is 2. The van der Waals surface area contributed by atoms with Crippen molar-refractivity contribution >= 4 is 17.8 Å². The molecule has 7 nitrogen and oxygen atoms in total. The van der Waals surface area contributed by atoms with Crippen LogP contribution >= 0.6 is 0 Å². The molecule has 0 aliphatic carbocycles. The summed E-state index contributed by atoms with van der Waals surface area (Å²) >= 11 is 0. The quantitative estimate of drug-likeness (QED) is 0.578. The van der Waals surface area contributed by atoms with Gasteiger partial charge in [-0.15, -0.1) is 0 Å². The van der Waals surface area contributed by atoms with E-state index in [2.05, 4.69) is 15.6 Å². The van der Waals surface area contributed by atoms with Crippen molar-refractivity contribution < 1.29 is 28.2 Å². The van der Waals surface area contributed by atoms with Gasteiger partial charge in [-0.25, -0.2) is 4.39 Å². The molecular formula is C15H19FN2O5. The third kappa shape index (κ3) is 6.77. The number of esters is 1. The Balaban J connectivity index is 2.34. The number of carbonyl (C=O) groups excluding carboxylic acids is 3. The van der Waals surface area contributed by atoms with E-state index >= 15 is 0 Å². The fraction of sp³-hybridized carbons (Fsp3) is 0.400. The molecule has 0 heterocycles. The summed E-state index contributed by atoms with van der Waals surface area (Å²) in [6.07, 6.45) is -1.23. The van der Waals surface area contributed by atoms with E-state index < -0.39 is 29.7 Å². The first-order valence-corrected chi connectivity index (χ1v) is 7.09. The van der Waals surface area contributed by atoms with Crippen LogP contribution in [0.25, 0.3) is 0 Å². The van der Waals surface area contributed by atoms with Crippen molar-refractivity contribution in [3.63, 3.8) is 0 Å². The Morgan fingerprint density at radius 2 is 1.87 bits per heavy atom. The number of rotatable bonds is 7. The molecule has 1 aromatic rings. The monoisotopic (exact) mass is 326 g/mol. The number of ether oxygens (including phenoxy) is 2. The summed E-state index contributed by atoms with van der Waals surface area (Å²) in [5, 5.41) is 0. The largest absolute Gasteiger partial charge is 0.478 e. The van der Waals surface area contributed by atoms with Crippen LogP contribution in [0.3, 0.4) is 0 Å². The molecule has 8 heteroatoms. The van der Waals surface area contributed by atoms with Crippen LogP contribution in [0.15, 0.2) is 24.3 Å². The van der Waals surface area contributed by atoms with Crippen LogP contribution in [0.2, 0.25) is 0 Å². The van der Waals surface area contributed by atoms with Crippen molar-refractivity contribution in [2.45, 2.75) is 32.8 Å². The van der Waals surface area contributed by atoms with Gasteiger partial charge < -0.3 is 9.47 Å². The van der Waals surface area contributed by atoms with Gasteiger partial charge in [-0.1, -0.05) is 12.1 Å². The Bertz CT molecular complexity index is 565. The van der Waals surface area contributed by atoms with E-state index in [1.54, 1.807) is 13.0 Å². The maximum atomic E-state index is 13.4. The molecule has 0 radical (unpaired) electrons. The molecule has 1 aromatic carbocycles. The fourth-order valence-electron chi connectivity index (χ4n) is 1.53. The highest BCUT2D eigenvalue weighted by molar-refractivity contribution is 5.86. The summed E-state index contributed by atoms with van der Waals surface area (Å²) in [5.74, 6) is -2.36. The highest BCUT2D eigenvalue weighted by Crippen LogP contribution is 2.16. The molecule has 23 heavy (non-hydrogen) atoms. The third-order valence-electron chi connectivity index (χ3n) is 2.70. The average Bonchev–Trinajstić information content (AvgIpc) is 2.53. The van der Waals surface area contributed by atoms with Crippen LogP contribution < -0.4 is 15.6 Å². The molecule has 0 aliphatic rings. The highest BCUT2D eigenvalue weighted by Gasteiger charge is 2.17. The van der Waals surface area contributed by atoms with Crippen LogP contribution in [0, 0.1) is 5.82 Å². The Morgan fingerprint density at radius 1 is 1.17 bits per heavy atom. The summed E-state index contributed by atoms with van der Waals surface area (Å²) in [4.78, 5) is 34.3. The molecule has 2 N–H and O–H groups in total. The Kier molecular flexibility index (Phi) is 7.52. The minimum atomic E-state index is -1.02. The van der Waals surface area contributed by atoms with Crippen molar-refractivity contribution in [3.8, 4) is 5.75 Å². The fourth-order valence-corrected chi connectivity index (χ4v) is 1.53. The summed E-state index contributed by atoms with van der Waals surface area (Å²) < 4.78 is 23.2. The first kappa shape index (κ1) is 18.4. The molecule has 0 aromatic heterocycles. The summed E-state index contributed by atoms with van der Waals surface area (Å²) in [6, 6.07) is 5.66. The van der Waals surface area contributed by atoms with Gasteiger partial charge in [0.25, 0.3) is 5.91 Å². The zero-order chi connectivity index (χ0) is 17.2. The van der Waals surface area contributed by atoms with E-state index in [0.717, 1.165) is 0 Å². The Labute approximate surface area is 133 Å². The smallest absolute Gasteiger partial charge is 0.306 e. The summed E-state index contributed by atoms with van der Waals surface area (Å²) in [6.45, 7) is 3.31. The second-order valence-electron chi connectivity index (χ2n) is 4.53. The number of para-hydroxylation sites is 1. The maximum absolute atomic E-state index is 13.4. The number of hydrogen-bond donors (Lipinski definition) is 2. The molecule has 2 amide bonds. The van der Waals surface area contributed by atoms with Crippen molar-refractivity contribution in [3.05, 3.63) is 30.1 Å². The first-order chi connectivity index (χ1) is 10.9. The van der Waals surface area contributed by atoms with Gasteiger partial charge in [-0.3, -0.25) is 25.2 Å². The van der Waals surface area contributed by atoms with E-state index in [9.17, 15) is 18.8 Å². The Morgan fingerprint density at radius 3 is 2.52 bits per heavy atom. The van der Waals surface area contributed by atoms with Gasteiger partial charge in [-0.05, 0) is 26.0 Å². The number of hydrazine groups is 1. The minimum absolute atomic E-state index is 0.0659. The molecule has 0 unspecified atom stereocenters. The highest BCUT2D eigenvalue weighted by atomic mass is 19.1. The molecule has 0 fully saturated rings. The molecule has 0 saturated carbocycles. The van der Waals surface area contributed by atoms with Gasteiger partial charge in [0.1, 0.15) is 0 Å². The lowest BCUT2D eigenvalue weighted by atomic mass is 10.3. The molecule has 0 bridgehead atoms. The average molecular weight is 326 g/mol. The van der Waals surface area contributed by atoms with Crippen molar-refractivity contribution in [2.24, 2.45) is 0 Å².